The number of halogens is 1. The molecule has 1 fully saturated rings. The molecule has 5 aromatic rings. The SMILES string of the molecule is N#Cc1c(-c2ccc(F)cc2)c(=O)c(C(=O)Nc2ccc(-c3[nH]nc4ncnc(N)c34)cc2)cn1C1CC1. The van der Waals surface area contributed by atoms with Crippen molar-refractivity contribution >= 4 is 28.4 Å². The van der Waals surface area contributed by atoms with Crippen molar-refractivity contribution in [2.45, 2.75) is 18.9 Å². The van der Waals surface area contributed by atoms with E-state index in [0.717, 1.165) is 18.4 Å². The molecule has 0 bridgehead atoms. The van der Waals surface area contributed by atoms with Crippen LogP contribution in [0.15, 0.2) is 65.8 Å². The number of nitrogens with two attached hydrogens (primary N) is 1. The van der Waals surface area contributed by atoms with Crippen LogP contribution in [0.4, 0.5) is 15.9 Å². The van der Waals surface area contributed by atoms with Gasteiger partial charge in [-0.3, -0.25) is 14.7 Å². The maximum atomic E-state index is 13.5. The van der Waals surface area contributed by atoms with Crippen LogP contribution in [-0.4, -0.2) is 30.6 Å². The molecule has 6 rings (SSSR count). The molecule has 1 aliphatic rings. The zero-order valence-electron chi connectivity index (χ0n) is 19.8. The van der Waals surface area contributed by atoms with Crippen LogP contribution >= 0.6 is 0 Å². The van der Waals surface area contributed by atoms with Gasteiger partial charge in [-0.1, -0.05) is 24.3 Å². The van der Waals surface area contributed by atoms with E-state index in [4.69, 9.17) is 5.73 Å². The number of pyridine rings is 1. The maximum absolute atomic E-state index is 13.5. The summed E-state index contributed by atoms with van der Waals surface area (Å²) in [5.74, 6) is -0.791. The Morgan fingerprint density at radius 3 is 2.50 bits per heavy atom. The quantitative estimate of drug-likeness (QED) is 0.325. The van der Waals surface area contributed by atoms with Gasteiger partial charge in [-0.25, -0.2) is 14.4 Å². The van der Waals surface area contributed by atoms with Gasteiger partial charge in [0.25, 0.3) is 5.91 Å². The summed E-state index contributed by atoms with van der Waals surface area (Å²) >= 11 is 0. The number of rotatable bonds is 5. The minimum Gasteiger partial charge on any atom is -0.383 e. The smallest absolute Gasteiger partial charge is 0.261 e. The zero-order valence-corrected chi connectivity index (χ0v) is 19.8. The van der Waals surface area contributed by atoms with E-state index in [1.54, 1.807) is 28.8 Å². The largest absolute Gasteiger partial charge is 0.383 e. The van der Waals surface area contributed by atoms with Crippen LogP contribution in [0.2, 0.25) is 0 Å². The number of carbonyl (C=O) groups excluding carboxylic acids is 1. The number of aromatic amines is 1. The first-order valence-corrected chi connectivity index (χ1v) is 11.8. The van der Waals surface area contributed by atoms with Crippen molar-refractivity contribution in [1.82, 2.24) is 24.7 Å². The number of H-pyrrole nitrogens is 1. The van der Waals surface area contributed by atoms with Gasteiger partial charge in [0.05, 0.1) is 16.6 Å². The molecule has 0 aliphatic heterocycles. The number of nitrogens with one attached hydrogen (secondary N) is 2. The van der Waals surface area contributed by atoms with Crippen molar-refractivity contribution in [3.8, 4) is 28.5 Å². The Balaban J connectivity index is 1.35. The molecule has 1 aliphatic carbocycles. The molecule has 1 amide bonds. The highest BCUT2D eigenvalue weighted by molar-refractivity contribution is 6.05. The number of hydrogen-bond donors (Lipinski definition) is 3. The van der Waals surface area contributed by atoms with E-state index in [1.807, 2.05) is 0 Å². The molecule has 2 aromatic carbocycles. The maximum Gasteiger partial charge on any atom is 0.261 e. The lowest BCUT2D eigenvalue weighted by molar-refractivity contribution is 0.102. The summed E-state index contributed by atoms with van der Waals surface area (Å²) in [4.78, 5) is 34.9. The number of carbonyl (C=O) groups is 1. The number of nitrogen functional groups attached to an aromatic ring is 1. The number of amides is 1. The average Bonchev–Trinajstić information content (AvgIpc) is 3.67. The third-order valence-electron chi connectivity index (χ3n) is 6.47. The predicted molar refractivity (Wildman–Crippen MR) is 139 cm³/mol. The van der Waals surface area contributed by atoms with E-state index in [2.05, 4.69) is 31.6 Å². The van der Waals surface area contributed by atoms with E-state index >= 15 is 0 Å². The highest BCUT2D eigenvalue weighted by Crippen LogP contribution is 2.37. The van der Waals surface area contributed by atoms with Gasteiger partial charge in [0, 0.05) is 23.5 Å². The van der Waals surface area contributed by atoms with E-state index in [9.17, 15) is 19.2 Å². The number of anilines is 2. The molecule has 10 nitrogen and oxygen atoms in total. The number of aromatic nitrogens is 5. The van der Waals surface area contributed by atoms with Crippen molar-refractivity contribution in [3.05, 3.63) is 88.4 Å². The first kappa shape index (κ1) is 23.1. The third-order valence-corrected chi connectivity index (χ3v) is 6.47. The minimum absolute atomic E-state index is 0.0240. The summed E-state index contributed by atoms with van der Waals surface area (Å²) in [6.07, 6.45) is 4.44. The lowest BCUT2D eigenvalue weighted by Gasteiger charge is -2.15. The monoisotopic (exact) mass is 506 g/mol. The number of fused-ring (bicyclic) bond motifs is 1. The topological polar surface area (TPSA) is 155 Å². The van der Waals surface area contributed by atoms with Crippen LogP contribution in [0.5, 0.6) is 0 Å². The molecule has 186 valence electrons. The standard InChI is InChI=1S/C27H19FN8O2/c28-16-5-1-14(2-6-16)21-20(11-29)36(18-9-10-18)12-19(24(21)37)27(38)33-17-7-3-15(4-8-17)23-22-25(30)31-13-32-26(22)35-34-23/h1-8,12-13,18H,9-10H2,(H,33,38)(H3,30,31,32,34,35). The van der Waals surface area contributed by atoms with Crippen LogP contribution < -0.4 is 16.5 Å². The molecule has 0 atom stereocenters. The Labute approximate surface area is 214 Å². The summed E-state index contributed by atoms with van der Waals surface area (Å²) in [5, 5.41) is 20.3. The van der Waals surface area contributed by atoms with E-state index in [1.165, 1.54) is 36.8 Å². The van der Waals surface area contributed by atoms with Gasteiger partial charge in [-0.15, -0.1) is 0 Å². The fraction of sp³-hybridized carbons (Fsp3) is 0.111. The van der Waals surface area contributed by atoms with Gasteiger partial charge in [0.15, 0.2) is 5.65 Å². The summed E-state index contributed by atoms with van der Waals surface area (Å²) in [5.41, 5.74) is 8.17. The lowest BCUT2D eigenvalue weighted by atomic mass is 10.0. The van der Waals surface area contributed by atoms with E-state index in [0.29, 0.717) is 33.8 Å². The lowest BCUT2D eigenvalue weighted by Crippen LogP contribution is -2.26. The number of nitrogens with zero attached hydrogens (tertiary/aromatic N) is 5. The molecule has 3 aromatic heterocycles. The highest BCUT2D eigenvalue weighted by Gasteiger charge is 2.30. The Morgan fingerprint density at radius 1 is 1.11 bits per heavy atom. The van der Waals surface area contributed by atoms with Gasteiger partial charge in [0.2, 0.25) is 5.43 Å². The fourth-order valence-corrected chi connectivity index (χ4v) is 4.44. The van der Waals surface area contributed by atoms with E-state index < -0.39 is 17.2 Å². The average molecular weight is 507 g/mol. The Morgan fingerprint density at radius 2 is 1.82 bits per heavy atom. The van der Waals surface area contributed by atoms with Gasteiger partial charge >= 0.3 is 0 Å². The Bertz CT molecular complexity index is 1810. The molecule has 0 radical (unpaired) electrons. The number of hydrogen-bond acceptors (Lipinski definition) is 7. The molecule has 4 N–H and O–H groups in total. The first-order valence-electron chi connectivity index (χ1n) is 11.8. The summed E-state index contributed by atoms with van der Waals surface area (Å²) in [7, 11) is 0. The van der Waals surface area contributed by atoms with Crippen LogP contribution in [-0.2, 0) is 0 Å². The molecular formula is C27H19FN8O2. The normalized spacial score (nSPS) is 12.8. The number of benzene rings is 2. The molecule has 38 heavy (non-hydrogen) atoms. The molecule has 11 heteroatoms. The van der Waals surface area contributed by atoms with Crippen LogP contribution in [0.3, 0.4) is 0 Å². The molecule has 0 spiro atoms. The predicted octanol–water partition coefficient (Wildman–Crippen LogP) is 4.03. The fourth-order valence-electron chi connectivity index (χ4n) is 4.44. The van der Waals surface area contributed by atoms with Crippen LogP contribution in [0.1, 0.15) is 34.9 Å². The van der Waals surface area contributed by atoms with Crippen molar-refractivity contribution < 1.29 is 9.18 Å². The minimum atomic E-state index is -0.616. The molecule has 1 saturated carbocycles. The van der Waals surface area contributed by atoms with Crippen molar-refractivity contribution in [2.24, 2.45) is 0 Å². The molecule has 0 saturated heterocycles. The van der Waals surface area contributed by atoms with Gasteiger partial charge in [-0.2, -0.15) is 10.4 Å². The summed E-state index contributed by atoms with van der Waals surface area (Å²) in [6.45, 7) is 0. The second kappa shape index (κ2) is 8.94. The Hall–Kier alpha value is -5.37. The Kier molecular flexibility index (Phi) is 5.42. The summed E-state index contributed by atoms with van der Waals surface area (Å²) in [6, 6.07) is 14.3. The molecule has 0 unspecified atom stereocenters. The van der Waals surface area contributed by atoms with Crippen molar-refractivity contribution in [2.75, 3.05) is 11.1 Å². The highest BCUT2D eigenvalue weighted by atomic mass is 19.1. The van der Waals surface area contributed by atoms with Gasteiger partial charge in [-0.05, 0) is 42.7 Å². The second-order valence-corrected chi connectivity index (χ2v) is 8.94. The van der Waals surface area contributed by atoms with Crippen molar-refractivity contribution in [3.63, 3.8) is 0 Å². The van der Waals surface area contributed by atoms with Crippen molar-refractivity contribution in [1.29, 1.82) is 5.26 Å². The first-order chi connectivity index (χ1) is 18.4. The third kappa shape index (κ3) is 3.94. The number of nitriles is 1. The van der Waals surface area contributed by atoms with E-state index in [-0.39, 0.29) is 22.9 Å². The second-order valence-electron chi connectivity index (χ2n) is 8.94. The molecule has 3 heterocycles. The molecular weight excluding hydrogens is 487 g/mol. The van der Waals surface area contributed by atoms with Crippen LogP contribution in [0.25, 0.3) is 33.4 Å². The zero-order chi connectivity index (χ0) is 26.4. The van der Waals surface area contributed by atoms with Gasteiger partial charge < -0.3 is 15.6 Å². The summed E-state index contributed by atoms with van der Waals surface area (Å²) < 4.78 is 15.2. The van der Waals surface area contributed by atoms with Crippen LogP contribution in [0, 0.1) is 17.1 Å². The van der Waals surface area contributed by atoms with Gasteiger partial charge in [0.1, 0.15) is 35.3 Å².